The molecule has 3 aliphatic rings. The number of carboxylic acids is 2. The Morgan fingerprint density at radius 2 is 1.49 bits per heavy atom. The molecule has 1 amide bonds. The van der Waals surface area contributed by atoms with Crippen LogP contribution in [0.25, 0.3) is 0 Å². The van der Waals surface area contributed by atoms with Gasteiger partial charge in [-0.1, -0.05) is 31.4 Å². The second-order valence-electron chi connectivity index (χ2n) is 13.6. The molecule has 1 saturated carbocycles. The van der Waals surface area contributed by atoms with E-state index < -0.39 is 32.1 Å². The summed E-state index contributed by atoms with van der Waals surface area (Å²) in [4.78, 5) is 48.7. The maximum Gasteiger partial charge on any atom is 0.547 e. The van der Waals surface area contributed by atoms with Gasteiger partial charge in [0, 0.05) is 34.8 Å². The van der Waals surface area contributed by atoms with Gasteiger partial charge < -0.3 is 39.5 Å². The number of nitrogens with one attached hydrogen (secondary N) is 1. The standard InChI is InChI=1S/C20H27BO5S2.C15H17BN4O5S2/c1-27-12-16(22)10-15-9-14-7-8-17(28-11-13-5-3-2-4-6-13)18(20(23)24)19(14)26-21(15)25;1-20-7-17-19-15(20)27-9-4-3-8-5-10(18-11(21)6-26-2)16(24)25-13(8)12(9)14(22)23/h7-8,13,15,25H,2-6,9-12H2,1H3,(H,23,24);3-4,7,10,24H,5-6H2,1-2H3,(H,18,21)(H,22,23)/t15-;10-/m10/s1. The van der Waals surface area contributed by atoms with Gasteiger partial charge in [0.25, 0.3) is 0 Å². The van der Waals surface area contributed by atoms with Crippen molar-refractivity contribution in [2.75, 3.05) is 29.8 Å². The molecule has 6 rings (SSSR count). The molecule has 1 aromatic heterocycles. The Hall–Kier alpha value is -3.29. The summed E-state index contributed by atoms with van der Waals surface area (Å²) in [5.74, 6) is -0.737. The molecule has 0 saturated heterocycles. The zero-order valence-corrected chi connectivity index (χ0v) is 34.0. The summed E-state index contributed by atoms with van der Waals surface area (Å²) in [6, 6.07) is 7.16. The first-order valence-corrected chi connectivity index (χ1v) is 22.4. The molecule has 2 aliphatic heterocycles. The van der Waals surface area contributed by atoms with E-state index in [2.05, 4.69) is 15.5 Å². The summed E-state index contributed by atoms with van der Waals surface area (Å²) in [7, 11) is -0.741. The molecule has 2 atom stereocenters. The van der Waals surface area contributed by atoms with Crippen LogP contribution in [0.5, 0.6) is 11.5 Å². The number of aromatic carboxylic acids is 2. The summed E-state index contributed by atoms with van der Waals surface area (Å²) in [6.45, 7) is 0. The number of fused-ring (bicyclic) bond motifs is 2. The number of hydrogen-bond donors (Lipinski definition) is 5. The number of nitrogens with zero attached hydrogens (tertiary/aromatic N) is 3. The molecule has 55 heavy (non-hydrogen) atoms. The number of thioether (sulfide) groups is 3. The summed E-state index contributed by atoms with van der Waals surface area (Å²) in [5, 5.41) is 51.1. The number of carboxylic acid groups (broad SMARTS) is 2. The van der Waals surface area contributed by atoms with Crippen molar-refractivity contribution in [2.45, 2.75) is 78.1 Å². The highest BCUT2D eigenvalue weighted by atomic mass is 32.2. The first-order chi connectivity index (χ1) is 26.4. The molecule has 2 aromatic carbocycles. The zero-order chi connectivity index (χ0) is 39.6. The van der Waals surface area contributed by atoms with E-state index in [0.29, 0.717) is 38.6 Å². The second kappa shape index (κ2) is 20.2. The van der Waals surface area contributed by atoms with E-state index in [1.807, 2.05) is 18.4 Å². The van der Waals surface area contributed by atoms with E-state index in [9.17, 15) is 39.4 Å². The topological polar surface area (TPSA) is 210 Å². The maximum absolute atomic E-state index is 12.0. The number of rotatable bonds is 14. The van der Waals surface area contributed by atoms with Crippen LogP contribution in [0, 0.1) is 5.92 Å². The third kappa shape index (κ3) is 11.2. The molecular weight excluding hydrogens is 786 g/mol. The highest BCUT2D eigenvalue weighted by Gasteiger charge is 2.40. The van der Waals surface area contributed by atoms with E-state index >= 15 is 0 Å². The summed E-state index contributed by atoms with van der Waals surface area (Å²) < 4.78 is 12.8. The molecular formula is C35H44B2N4O10S4. The van der Waals surface area contributed by atoms with Crippen LogP contribution in [0.15, 0.2) is 45.5 Å². The van der Waals surface area contributed by atoms with Crippen molar-refractivity contribution < 1.29 is 48.7 Å². The van der Waals surface area contributed by atoms with Gasteiger partial charge in [0.15, 0.2) is 5.16 Å². The van der Waals surface area contributed by atoms with Crippen LogP contribution in [0.4, 0.5) is 0 Å². The average Bonchev–Trinajstić information content (AvgIpc) is 3.55. The molecule has 1 fully saturated rings. The van der Waals surface area contributed by atoms with Gasteiger partial charge in [-0.05, 0) is 79.1 Å². The number of Topliss-reactive ketones (excluding diaryl/α,β-unsaturated/α-hetero) is 1. The van der Waals surface area contributed by atoms with Gasteiger partial charge in [-0.3, -0.25) is 9.59 Å². The molecule has 0 spiro atoms. The molecule has 20 heteroatoms. The maximum atomic E-state index is 12.0. The molecule has 0 bridgehead atoms. The normalized spacial score (nSPS) is 17.8. The smallest absolute Gasteiger partial charge is 0.535 e. The Morgan fingerprint density at radius 1 is 0.873 bits per heavy atom. The third-order valence-corrected chi connectivity index (χ3v) is 13.0. The summed E-state index contributed by atoms with van der Waals surface area (Å²) in [5.41, 5.74) is 1.46. The Labute approximate surface area is 337 Å². The third-order valence-electron chi connectivity index (χ3n) is 9.46. The number of carbonyl (C=O) groups is 4. The second-order valence-corrected chi connectivity index (χ2v) is 17.4. The van der Waals surface area contributed by atoms with Crippen molar-refractivity contribution in [3.63, 3.8) is 0 Å². The number of hydrogen-bond acceptors (Lipinski definition) is 14. The highest BCUT2D eigenvalue weighted by Crippen LogP contribution is 2.42. The molecule has 5 N–H and O–H groups in total. The summed E-state index contributed by atoms with van der Waals surface area (Å²) >= 11 is 5.54. The highest BCUT2D eigenvalue weighted by molar-refractivity contribution is 8.00. The van der Waals surface area contributed by atoms with Crippen LogP contribution in [0.3, 0.4) is 0 Å². The SMILES string of the molecule is CSCC(=O)C[C@H]1Cc2ccc(SCC3CCCCC3)c(C(=O)O)c2OB1O.CSCC(=O)N[C@H]1Cc2ccc(Sc3nncn3C)c(C(=O)O)c2OB1O. The van der Waals surface area contributed by atoms with E-state index in [-0.39, 0.29) is 58.7 Å². The van der Waals surface area contributed by atoms with Crippen molar-refractivity contribution in [3.05, 3.63) is 52.8 Å². The molecule has 0 radical (unpaired) electrons. The first kappa shape index (κ1) is 42.8. The average molecular weight is 831 g/mol. The fourth-order valence-electron chi connectivity index (χ4n) is 6.77. The van der Waals surface area contributed by atoms with Crippen molar-refractivity contribution in [1.29, 1.82) is 0 Å². The predicted molar refractivity (Wildman–Crippen MR) is 216 cm³/mol. The molecule has 3 aromatic rings. The van der Waals surface area contributed by atoms with Crippen LogP contribution >= 0.6 is 47.0 Å². The van der Waals surface area contributed by atoms with Gasteiger partial charge in [-0.15, -0.1) is 22.0 Å². The number of carbonyl (C=O) groups excluding carboxylic acids is 2. The minimum atomic E-state index is -1.34. The van der Waals surface area contributed by atoms with E-state index in [4.69, 9.17) is 9.31 Å². The predicted octanol–water partition coefficient (Wildman–Crippen LogP) is 4.63. The van der Waals surface area contributed by atoms with E-state index in [1.165, 1.54) is 62.0 Å². The van der Waals surface area contributed by atoms with Crippen LogP contribution in [-0.2, 0) is 29.5 Å². The number of ketones is 1. The monoisotopic (exact) mass is 830 g/mol. The quantitative estimate of drug-likeness (QED) is 0.111. The fraction of sp³-hybridized carbons (Fsp3) is 0.486. The molecule has 14 nitrogen and oxygen atoms in total. The lowest BCUT2D eigenvalue weighted by Crippen LogP contribution is -2.53. The van der Waals surface area contributed by atoms with Crippen LogP contribution in [-0.4, -0.2) is 109 Å². The van der Waals surface area contributed by atoms with Gasteiger partial charge in [-0.25, -0.2) is 9.59 Å². The lowest BCUT2D eigenvalue weighted by atomic mass is 9.64. The van der Waals surface area contributed by atoms with E-state index in [1.54, 1.807) is 41.8 Å². The van der Waals surface area contributed by atoms with Gasteiger partial charge in [-0.2, -0.15) is 23.5 Å². The largest absolute Gasteiger partial charge is 0.547 e. The minimum absolute atomic E-state index is 0.0477. The van der Waals surface area contributed by atoms with Crippen LogP contribution in [0.1, 0.15) is 70.4 Å². The van der Waals surface area contributed by atoms with Crippen LogP contribution < -0.4 is 14.6 Å². The van der Waals surface area contributed by atoms with Gasteiger partial charge >= 0.3 is 26.2 Å². The lowest BCUT2D eigenvalue weighted by molar-refractivity contribution is -0.119. The number of aromatic nitrogens is 3. The van der Waals surface area contributed by atoms with Gasteiger partial charge in [0.1, 0.15) is 34.7 Å². The molecule has 3 heterocycles. The molecule has 294 valence electrons. The lowest BCUT2D eigenvalue weighted by Gasteiger charge is -2.29. The van der Waals surface area contributed by atoms with Crippen molar-refractivity contribution in [2.24, 2.45) is 13.0 Å². The molecule has 0 unspecified atom stereocenters. The number of aryl methyl sites for hydroxylation is 1. The Kier molecular flexibility index (Phi) is 15.8. The fourth-order valence-corrected chi connectivity index (χ4v) is 9.69. The van der Waals surface area contributed by atoms with Crippen LogP contribution in [0.2, 0.25) is 5.82 Å². The first-order valence-electron chi connectivity index (χ1n) is 17.8. The van der Waals surface area contributed by atoms with Crippen molar-refractivity contribution >= 4 is 84.9 Å². The number of benzene rings is 2. The number of amides is 1. The Morgan fingerprint density at radius 3 is 2.11 bits per heavy atom. The van der Waals surface area contributed by atoms with Crippen molar-refractivity contribution in [3.8, 4) is 11.5 Å². The van der Waals surface area contributed by atoms with Crippen molar-refractivity contribution in [1.82, 2.24) is 20.1 Å². The minimum Gasteiger partial charge on any atom is -0.535 e. The van der Waals surface area contributed by atoms with Gasteiger partial charge in [0.2, 0.25) is 5.91 Å². The Bertz CT molecular complexity index is 1870. The van der Waals surface area contributed by atoms with E-state index in [0.717, 1.165) is 23.1 Å². The Balaban J connectivity index is 0.000000211. The molecule has 1 aliphatic carbocycles. The zero-order valence-electron chi connectivity index (χ0n) is 30.8. The summed E-state index contributed by atoms with van der Waals surface area (Å²) in [6.07, 6.45) is 12.4. The van der Waals surface area contributed by atoms with Gasteiger partial charge in [0.05, 0.1) is 17.4 Å².